The zero-order valence-electron chi connectivity index (χ0n) is 11.7. The van der Waals surface area contributed by atoms with Gasteiger partial charge in [-0.2, -0.15) is 0 Å². The maximum absolute atomic E-state index is 6.22. The molecule has 0 aliphatic carbocycles. The van der Waals surface area contributed by atoms with Crippen LogP contribution >= 0.6 is 22.6 Å². The lowest BCUT2D eigenvalue weighted by Gasteiger charge is -2.40. The zero-order valence-corrected chi connectivity index (χ0v) is 13.8. The van der Waals surface area contributed by atoms with Crippen molar-refractivity contribution in [2.45, 2.75) is 47.6 Å². The molecule has 17 heavy (non-hydrogen) atoms. The lowest BCUT2D eigenvalue weighted by Crippen LogP contribution is -2.42. The molecule has 0 radical (unpaired) electrons. The third-order valence-electron chi connectivity index (χ3n) is 2.62. The summed E-state index contributed by atoms with van der Waals surface area (Å²) in [6, 6.07) is 8.24. The first-order valence-electron chi connectivity index (χ1n) is 6.03. The van der Waals surface area contributed by atoms with Gasteiger partial charge in [0.2, 0.25) is 0 Å². The highest BCUT2D eigenvalue weighted by molar-refractivity contribution is 14.1. The minimum absolute atomic E-state index is 0.125. The molecule has 0 atom stereocenters. The van der Waals surface area contributed by atoms with E-state index in [9.17, 15) is 0 Å². The molecule has 1 nitrogen and oxygen atoms in total. The molecule has 0 aliphatic heterocycles. The van der Waals surface area contributed by atoms with Gasteiger partial charge in [0.15, 0.2) is 0 Å². The lowest BCUT2D eigenvalue weighted by molar-refractivity contribution is -0.00174. The van der Waals surface area contributed by atoms with E-state index in [1.807, 2.05) is 12.1 Å². The quantitative estimate of drug-likeness (QED) is 0.675. The van der Waals surface area contributed by atoms with Gasteiger partial charge in [-0.25, -0.2) is 0 Å². The van der Waals surface area contributed by atoms with Crippen LogP contribution in [0.4, 0.5) is 0 Å². The predicted octanol–water partition coefficient (Wildman–Crippen LogP) is 5.13. The molecule has 0 spiro atoms. The van der Waals surface area contributed by atoms with Gasteiger partial charge < -0.3 is 4.74 Å². The molecule has 1 aromatic carbocycles. The molecule has 96 valence electrons. The maximum Gasteiger partial charge on any atom is 0.120 e. The first kappa shape index (κ1) is 14.8. The summed E-state index contributed by atoms with van der Waals surface area (Å²) in [6.07, 6.45) is 0.188. The zero-order chi connectivity index (χ0) is 13.3. The van der Waals surface area contributed by atoms with Gasteiger partial charge in [-0.1, -0.05) is 47.6 Å². The van der Waals surface area contributed by atoms with E-state index in [0.717, 1.165) is 5.75 Å². The molecule has 0 amide bonds. The summed E-state index contributed by atoms with van der Waals surface area (Å²) in [5, 5.41) is 0. The molecule has 1 aromatic rings. The minimum Gasteiger partial charge on any atom is -0.489 e. The minimum atomic E-state index is 0.125. The highest BCUT2D eigenvalue weighted by Crippen LogP contribution is 2.36. The number of hydrogen-bond donors (Lipinski definition) is 0. The Balaban J connectivity index is 2.96. The third-order valence-corrected chi connectivity index (χ3v) is 3.29. The van der Waals surface area contributed by atoms with Gasteiger partial charge in [0.05, 0.1) is 0 Å². The fourth-order valence-electron chi connectivity index (χ4n) is 2.33. The van der Waals surface area contributed by atoms with Crippen molar-refractivity contribution in [2.24, 2.45) is 10.8 Å². The Hall–Kier alpha value is -0.250. The first-order chi connectivity index (χ1) is 7.60. The van der Waals surface area contributed by atoms with Gasteiger partial charge >= 0.3 is 0 Å². The largest absolute Gasteiger partial charge is 0.489 e. The first-order valence-corrected chi connectivity index (χ1v) is 7.11. The fourth-order valence-corrected chi connectivity index (χ4v) is 2.84. The molecule has 0 N–H and O–H groups in total. The van der Waals surface area contributed by atoms with E-state index in [1.54, 1.807) is 0 Å². The number of halogens is 1. The van der Waals surface area contributed by atoms with Gasteiger partial charge in [-0.3, -0.25) is 0 Å². The Morgan fingerprint density at radius 3 is 1.94 bits per heavy atom. The second-order valence-corrected chi connectivity index (χ2v) is 7.93. The van der Waals surface area contributed by atoms with E-state index >= 15 is 0 Å². The van der Waals surface area contributed by atoms with Crippen LogP contribution in [0.1, 0.15) is 41.5 Å². The normalized spacial score (nSPS) is 12.9. The van der Waals surface area contributed by atoms with Crippen LogP contribution in [0.2, 0.25) is 0 Å². The standard InChI is InChI=1S/C15H23IO/c1-14(2,3)13(15(4,5)6)17-12-9-7-8-11(16)10-12/h7-10,13H,1-6H3. The molecule has 0 unspecified atom stereocenters. The molecular formula is C15H23IO. The summed E-state index contributed by atoms with van der Waals surface area (Å²) in [5.41, 5.74) is 0.249. The van der Waals surface area contributed by atoms with Crippen LogP contribution < -0.4 is 4.74 Å². The summed E-state index contributed by atoms with van der Waals surface area (Å²) in [5.74, 6) is 0.965. The molecule has 0 saturated carbocycles. The summed E-state index contributed by atoms with van der Waals surface area (Å²) in [7, 11) is 0. The molecule has 0 aromatic heterocycles. The molecule has 1 rings (SSSR count). The average Bonchev–Trinajstić information content (AvgIpc) is 2.10. The van der Waals surface area contributed by atoms with Crippen molar-refractivity contribution < 1.29 is 4.74 Å². The second kappa shape index (κ2) is 5.17. The Kier molecular flexibility index (Phi) is 4.50. The van der Waals surface area contributed by atoms with Crippen molar-refractivity contribution >= 4 is 22.6 Å². The van der Waals surface area contributed by atoms with E-state index < -0.39 is 0 Å². The predicted molar refractivity (Wildman–Crippen MR) is 82.5 cm³/mol. The molecular weight excluding hydrogens is 323 g/mol. The van der Waals surface area contributed by atoms with Crippen LogP contribution in [0.25, 0.3) is 0 Å². The van der Waals surface area contributed by atoms with E-state index in [4.69, 9.17) is 4.74 Å². The Morgan fingerprint density at radius 1 is 1.00 bits per heavy atom. The molecule has 2 heteroatoms. The van der Waals surface area contributed by atoms with Crippen LogP contribution in [0, 0.1) is 14.4 Å². The maximum atomic E-state index is 6.22. The molecule has 0 fully saturated rings. The highest BCUT2D eigenvalue weighted by Gasteiger charge is 2.36. The van der Waals surface area contributed by atoms with E-state index in [-0.39, 0.29) is 16.9 Å². The number of rotatable bonds is 2. The van der Waals surface area contributed by atoms with E-state index in [0.29, 0.717) is 0 Å². The van der Waals surface area contributed by atoms with Crippen molar-refractivity contribution in [2.75, 3.05) is 0 Å². The van der Waals surface area contributed by atoms with Gasteiger partial charge in [0.1, 0.15) is 11.9 Å². The number of ether oxygens (including phenoxy) is 1. The lowest BCUT2D eigenvalue weighted by atomic mass is 9.74. The van der Waals surface area contributed by atoms with Crippen molar-refractivity contribution in [3.63, 3.8) is 0 Å². The molecule has 0 aliphatic rings. The summed E-state index contributed by atoms with van der Waals surface area (Å²) < 4.78 is 7.43. The molecule has 0 heterocycles. The van der Waals surface area contributed by atoms with Crippen molar-refractivity contribution in [3.05, 3.63) is 27.8 Å². The molecule has 0 bridgehead atoms. The third kappa shape index (κ3) is 4.49. The van der Waals surface area contributed by atoms with Crippen molar-refractivity contribution in [1.82, 2.24) is 0 Å². The summed E-state index contributed by atoms with van der Waals surface area (Å²) >= 11 is 2.31. The van der Waals surface area contributed by atoms with Crippen molar-refractivity contribution in [1.29, 1.82) is 0 Å². The van der Waals surface area contributed by atoms with E-state index in [1.165, 1.54) is 3.57 Å². The van der Waals surface area contributed by atoms with Gasteiger partial charge in [0.25, 0.3) is 0 Å². The Bertz CT molecular complexity index is 357. The van der Waals surface area contributed by atoms with Gasteiger partial charge in [-0.05, 0) is 51.6 Å². The average molecular weight is 346 g/mol. The summed E-state index contributed by atoms with van der Waals surface area (Å²) in [4.78, 5) is 0. The van der Waals surface area contributed by atoms with Crippen LogP contribution in [-0.2, 0) is 0 Å². The highest BCUT2D eigenvalue weighted by atomic mass is 127. The Morgan fingerprint density at radius 2 is 1.53 bits per heavy atom. The van der Waals surface area contributed by atoms with Gasteiger partial charge in [-0.15, -0.1) is 0 Å². The smallest absolute Gasteiger partial charge is 0.120 e. The van der Waals surface area contributed by atoms with Crippen molar-refractivity contribution in [3.8, 4) is 5.75 Å². The van der Waals surface area contributed by atoms with Crippen LogP contribution in [-0.4, -0.2) is 6.10 Å². The van der Waals surface area contributed by atoms with Crippen LogP contribution in [0.3, 0.4) is 0 Å². The molecule has 0 saturated heterocycles. The van der Waals surface area contributed by atoms with Crippen LogP contribution in [0.15, 0.2) is 24.3 Å². The number of benzene rings is 1. The fraction of sp³-hybridized carbons (Fsp3) is 0.600. The number of hydrogen-bond acceptors (Lipinski definition) is 1. The SMILES string of the molecule is CC(C)(C)C(Oc1cccc(I)c1)C(C)(C)C. The topological polar surface area (TPSA) is 9.23 Å². The van der Waals surface area contributed by atoms with Crippen LogP contribution in [0.5, 0.6) is 5.75 Å². The monoisotopic (exact) mass is 346 g/mol. The summed E-state index contributed by atoms with van der Waals surface area (Å²) in [6.45, 7) is 13.4. The van der Waals surface area contributed by atoms with Gasteiger partial charge in [0, 0.05) is 3.57 Å². The second-order valence-electron chi connectivity index (χ2n) is 6.69. The van der Waals surface area contributed by atoms with E-state index in [2.05, 4.69) is 76.3 Å². The Labute approximate surface area is 119 Å².